The van der Waals surface area contributed by atoms with Gasteiger partial charge in [0.15, 0.2) is 0 Å². The fourth-order valence-corrected chi connectivity index (χ4v) is 2.13. The highest BCUT2D eigenvalue weighted by Gasteiger charge is 2.34. The molecule has 0 atom stereocenters. The quantitative estimate of drug-likeness (QED) is 0.571. The summed E-state index contributed by atoms with van der Waals surface area (Å²) in [5.41, 5.74) is -0.00322. The van der Waals surface area contributed by atoms with Crippen molar-refractivity contribution in [3.63, 3.8) is 0 Å². The topological polar surface area (TPSA) is 12.9 Å². The van der Waals surface area contributed by atoms with Gasteiger partial charge in [-0.05, 0) is 30.3 Å². The summed E-state index contributed by atoms with van der Waals surface area (Å²) in [6, 6.07) is 13.6. The van der Waals surface area contributed by atoms with Gasteiger partial charge in [-0.3, -0.25) is 0 Å². The molecule has 1 aromatic heterocycles. The first-order chi connectivity index (χ1) is 9.95. The second-order valence-corrected chi connectivity index (χ2v) is 4.58. The first-order valence-electron chi connectivity index (χ1n) is 6.18. The average Bonchev–Trinajstić information content (AvgIpc) is 2.46. The molecule has 0 aliphatic heterocycles. The van der Waals surface area contributed by atoms with Crippen LogP contribution < -0.4 is 0 Å². The monoisotopic (exact) mass is 291 g/mol. The van der Waals surface area contributed by atoms with Crippen LogP contribution in [0.4, 0.5) is 17.6 Å². The summed E-state index contributed by atoms with van der Waals surface area (Å²) in [6.07, 6.45) is -4.73. The first kappa shape index (κ1) is 13.5. The molecule has 3 rings (SSSR count). The van der Waals surface area contributed by atoms with Gasteiger partial charge in [-0.1, -0.05) is 24.3 Å². The Labute approximate surface area is 117 Å². The van der Waals surface area contributed by atoms with Gasteiger partial charge in [0.05, 0.1) is 16.8 Å². The molecule has 0 bridgehead atoms. The molecule has 106 valence electrons. The Morgan fingerprint density at radius 1 is 0.857 bits per heavy atom. The number of para-hydroxylation sites is 1. The molecule has 3 aromatic rings. The fourth-order valence-electron chi connectivity index (χ4n) is 2.13. The Morgan fingerprint density at radius 2 is 1.62 bits per heavy atom. The molecule has 0 N–H and O–H groups in total. The Kier molecular flexibility index (Phi) is 3.12. The minimum atomic E-state index is -4.73. The first-order valence-corrected chi connectivity index (χ1v) is 6.18. The van der Waals surface area contributed by atoms with Crippen molar-refractivity contribution in [3.8, 4) is 11.3 Å². The van der Waals surface area contributed by atoms with Crippen molar-refractivity contribution >= 4 is 10.9 Å². The lowest BCUT2D eigenvalue weighted by atomic mass is 10.1. The number of nitrogens with zero attached hydrogens (tertiary/aromatic N) is 1. The molecule has 21 heavy (non-hydrogen) atoms. The molecule has 1 heterocycles. The molecule has 0 radical (unpaired) electrons. The Balaban J connectivity index is 2.14. The number of fused-ring (bicyclic) bond motifs is 1. The zero-order chi connectivity index (χ0) is 15.0. The molecule has 0 unspecified atom stereocenters. The molecular weight excluding hydrogens is 282 g/mol. The normalized spacial score (nSPS) is 11.8. The standard InChI is InChI=1S/C16H9F4N/c17-13-7-5-11(9-12(13)16(18,19)20)15-8-6-10-3-1-2-4-14(10)21-15/h1-9H. The number of hydrogen-bond acceptors (Lipinski definition) is 1. The van der Waals surface area contributed by atoms with Crippen molar-refractivity contribution < 1.29 is 17.6 Å². The van der Waals surface area contributed by atoms with Gasteiger partial charge in [-0.2, -0.15) is 13.2 Å². The highest BCUT2D eigenvalue weighted by molar-refractivity contribution is 5.81. The van der Waals surface area contributed by atoms with Gasteiger partial charge in [-0.25, -0.2) is 9.37 Å². The lowest BCUT2D eigenvalue weighted by Gasteiger charge is -2.10. The van der Waals surface area contributed by atoms with Gasteiger partial charge >= 0.3 is 6.18 Å². The highest BCUT2D eigenvalue weighted by Crippen LogP contribution is 2.34. The summed E-state index contributed by atoms with van der Waals surface area (Å²) in [5, 5.41) is 0.888. The van der Waals surface area contributed by atoms with E-state index in [9.17, 15) is 17.6 Å². The lowest BCUT2D eigenvalue weighted by Crippen LogP contribution is -2.08. The fraction of sp³-hybridized carbons (Fsp3) is 0.0625. The van der Waals surface area contributed by atoms with E-state index in [0.717, 1.165) is 17.5 Å². The van der Waals surface area contributed by atoms with Crippen LogP contribution in [0.25, 0.3) is 22.2 Å². The molecule has 5 heteroatoms. The number of halogens is 4. The van der Waals surface area contributed by atoms with E-state index in [-0.39, 0.29) is 5.56 Å². The summed E-state index contributed by atoms with van der Waals surface area (Å²) in [4.78, 5) is 4.31. The number of aromatic nitrogens is 1. The van der Waals surface area contributed by atoms with Gasteiger partial charge in [0.25, 0.3) is 0 Å². The molecule has 0 fully saturated rings. The van der Waals surface area contributed by atoms with Crippen molar-refractivity contribution in [2.24, 2.45) is 0 Å². The molecule has 2 aromatic carbocycles. The van der Waals surface area contributed by atoms with Gasteiger partial charge in [-0.15, -0.1) is 0 Å². The van der Waals surface area contributed by atoms with E-state index in [1.807, 2.05) is 12.1 Å². The smallest absolute Gasteiger partial charge is 0.248 e. The van der Waals surface area contributed by atoms with Crippen LogP contribution in [0.3, 0.4) is 0 Å². The van der Waals surface area contributed by atoms with Crippen molar-refractivity contribution in [1.29, 1.82) is 0 Å². The van der Waals surface area contributed by atoms with E-state index in [2.05, 4.69) is 4.98 Å². The number of pyridine rings is 1. The minimum absolute atomic E-state index is 0.231. The molecule has 0 saturated heterocycles. The lowest BCUT2D eigenvalue weighted by molar-refractivity contribution is -0.139. The largest absolute Gasteiger partial charge is 0.419 e. The summed E-state index contributed by atoms with van der Waals surface area (Å²) in [5.74, 6) is -1.29. The third-order valence-corrected chi connectivity index (χ3v) is 3.17. The third-order valence-electron chi connectivity index (χ3n) is 3.17. The summed E-state index contributed by atoms with van der Waals surface area (Å²) >= 11 is 0. The summed E-state index contributed by atoms with van der Waals surface area (Å²) < 4.78 is 51.5. The van der Waals surface area contributed by atoms with Crippen molar-refractivity contribution in [2.75, 3.05) is 0 Å². The van der Waals surface area contributed by atoms with E-state index in [1.165, 1.54) is 6.07 Å². The maximum atomic E-state index is 13.3. The van der Waals surface area contributed by atoms with E-state index in [1.54, 1.807) is 24.3 Å². The van der Waals surface area contributed by atoms with Crippen molar-refractivity contribution in [3.05, 3.63) is 66.0 Å². The van der Waals surface area contributed by atoms with Crippen molar-refractivity contribution in [1.82, 2.24) is 4.98 Å². The highest BCUT2D eigenvalue weighted by atomic mass is 19.4. The number of hydrogen-bond donors (Lipinski definition) is 0. The maximum absolute atomic E-state index is 13.3. The van der Waals surface area contributed by atoms with Crippen LogP contribution in [0, 0.1) is 5.82 Å². The number of rotatable bonds is 1. The second-order valence-electron chi connectivity index (χ2n) is 4.58. The SMILES string of the molecule is Fc1ccc(-c2ccc3ccccc3n2)cc1C(F)(F)F. The second kappa shape index (κ2) is 4.84. The molecule has 0 saturated carbocycles. The summed E-state index contributed by atoms with van der Waals surface area (Å²) in [7, 11) is 0. The molecule has 1 nitrogen and oxygen atoms in total. The van der Waals surface area contributed by atoms with Crippen LogP contribution in [-0.2, 0) is 6.18 Å². The Morgan fingerprint density at radius 3 is 2.38 bits per heavy atom. The third kappa shape index (κ3) is 2.59. The Hall–Kier alpha value is -2.43. The molecule has 0 spiro atoms. The molecular formula is C16H9F4N. The Bertz CT molecular complexity index is 809. The van der Waals surface area contributed by atoms with E-state index in [0.29, 0.717) is 11.2 Å². The van der Waals surface area contributed by atoms with Gasteiger partial charge in [0.1, 0.15) is 5.82 Å². The summed E-state index contributed by atoms with van der Waals surface area (Å²) in [6.45, 7) is 0. The number of benzene rings is 2. The minimum Gasteiger partial charge on any atom is -0.248 e. The van der Waals surface area contributed by atoms with E-state index < -0.39 is 17.6 Å². The van der Waals surface area contributed by atoms with Gasteiger partial charge in [0, 0.05) is 10.9 Å². The molecule has 0 aliphatic carbocycles. The van der Waals surface area contributed by atoms with Gasteiger partial charge < -0.3 is 0 Å². The van der Waals surface area contributed by atoms with Gasteiger partial charge in [0.2, 0.25) is 0 Å². The van der Waals surface area contributed by atoms with Crippen molar-refractivity contribution in [2.45, 2.75) is 6.18 Å². The van der Waals surface area contributed by atoms with Crippen LogP contribution in [0.5, 0.6) is 0 Å². The van der Waals surface area contributed by atoms with Crippen LogP contribution >= 0.6 is 0 Å². The van der Waals surface area contributed by atoms with E-state index >= 15 is 0 Å². The zero-order valence-electron chi connectivity index (χ0n) is 10.7. The average molecular weight is 291 g/mol. The predicted octanol–water partition coefficient (Wildman–Crippen LogP) is 5.06. The van der Waals surface area contributed by atoms with Crippen LogP contribution in [-0.4, -0.2) is 4.98 Å². The maximum Gasteiger partial charge on any atom is 0.419 e. The van der Waals surface area contributed by atoms with Crippen LogP contribution in [0.2, 0.25) is 0 Å². The molecule has 0 amide bonds. The number of alkyl halides is 3. The van der Waals surface area contributed by atoms with Crippen LogP contribution in [0.15, 0.2) is 54.6 Å². The molecule has 0 aliphatic rings. The van der Waals surface area contributed by atoms with Crippen LogP contribution in [0.1, 0.15) is 5.56 Å². The van der Waals surface area contributed by atoms with E-state index in [4.69, 9.17) is 0 Å². The predicted molar refractivity (Wildman–Crippen MR) is 72.1 cm³/mol. The zero-order valence-corrected chi connectivity index (χ0v) is 10.7.